The molecule has 1 aliphatic rings. The fourth-order valence-corrected chi connectivity index (χ4v) is 3.40. The van der Waals surface area contributed by atoms with Crippen LogP contribution in [0.5, 0.6) is 0 Å². The molecular weight excluding hydrogens is 336 g/mol. The van der Waals surface area contributed by atoms with Crippen LogP contribution < -0.4 is 10.2 Å². The maximum atomic E-state index is 12.1. The summed E-state index contributed by atoms with van der Waals surface area (Å²) in [5.74, 6) is -0.532. The van der Waals surface area contributed by atoms with Crippen LogP contribution in [-0.4, -0.2) is 45.6 Å². The first kappa shape index (κ1) is 16.2. The van der Waals surface area contributed by atoms with Gasteiger partial charge in [-0.3, -0.25) is 10.1 Å². The smallest absolute Gasteiger partial charge is 0.318 e. The molecule has 0 aliphatic carbocycles. The maximum absolute atomic E-state index is 12.1. The van der Waals surface area contributed by atoms with Gasteiger partial charge in [-0.1, -0.05) is 42.0 Å². The fraction of sp³-hybridized carbons (Fsp3) is 0.615. The van der Waals surface area contributed by atoms with E-state index in [0.717, 1.165) is 30.3 Å². The molecule has 1 N–H and O–H groups in total. The summed E-state index contributed by atoms with van der Waals surface area (Å²) < 4.78 is 6.28. The highest BCUT2D eigenvalue weighted by atomic mass is 32.2. The zero-order valence-electron chi connectivity index (χ0n) is 13.2. The van der Waals surface area contributed by atoms with Crippen LogP contribution in [0.1, 0.15) is 37.4 Å². The van der Waals surface area contributed by atoms with Gasteiger partial charge in [-0.2, -0.15) is 0 Å². The molecule has 10 heteroatoms. The SMILES string of the molecule is CSc1nnc(NC(=O)c2nnc(N3CCC(C)(C)CC3)o2)s1. The molecule has 8 nitrogen and oxygen atoms in total. The minimum Gasteiger partial charge on any atom is -0.399 e. The molecular formula is C13H18N6O2S2. The van der Waals surface area contributed by atoms with Gasteiger partial charge in [0.1, 0.15) is 0 Å². The highest BCUT2D eigenvalue weighted by molar-refractivity contribution is 8.00. The number of amides is 1. The minimum atomic E-state index is -0.468. The van der Waals surface area contributed by atoms with Gasteiger partial charge >= 0.3 is 17.8 Å². The second-order valence-electron chi connectivity index (χ2n) is 6.07. The number of hydrogen-bond acceptors (Lipinski definition) is 9. The molecule has 0 spiro atoms. The molecule has 0 bridgehead atoms. The molecule has 0 unspecified atom stereocenters. The lowest BCUT2D eigenvalue weighted by Crippen LogP contribution is -2.37. The first-order chi connectivity index (χ1) is 11.0. The summed E-state index contributed by atoms with van der Waals surface area (Å²) in [6, 6.07) is 0.396. The number of aromatic nitrogens is 4. The molecule has 0 aromatic carbocycles. The highest BCUT2D eigenvalue weighted by Gasteiger charge is 2.28. The van der Waals surface area contributed by atoms with E-state index in [-0.39, 0.29) is 5.89 Å². The predicted octanol–water partition coefficient (Wildman–Crippen LogP) is 2.52. The molecule has 23 heavy (non-hydrogen) atoms. The summed E-state index contributed by atoms with van der Waals surface area (Å²) in [6.45, 7) is 6.21. The summed E-state index contributed by atoms with van der Waals surface area (Å²) in [6.07, 6.45) is 4.01. The molecule has 1 fully saturated rings. The average Bonchev–Trinajstić information content (AvgIpc) is 3.16. The largest absolute Gasteiger partial charge is 0.399 e. The monoisotopic (exact) mass is 354 g/mol. The number of nitrogens with zero attached hydrogens (tertiary/aromatic N) is 5. The van der Waals surface area contributed by atoms with Crippen molar-refractivity contribution in [2.75, 3.05) is 29.6 Å². The molecule has 0 saturated carbocycles. The Hall–Kier alpha value is -1.68. The van der Waals surface area contributed by atoms with E-state index in [2.05, 4.69) is 39.6 Å². The molecule has 3 rings (SSSR count). The van der Waals surface area contributed by atoms with Gasteiger partial charge in [-0.15, -0.1) is 15.3 Å². The first-order valence-electron chi connectivity index (χ1n) is 7.24. The van der Waals surface area contributed by atoms with Crippen LogP contribution in [0.15, 0.2) is 8.76 Å². The Bertz CT molecular complexity index is 688. The minimum absolute atomic E-state index is 0.0641. The molecule has 3 heterocycles. The van der Waals surface area contributed by atoms with Crippen molar-refractivity contribution in [3.8, 4) is 0 Å². The van der Waals surface area contributed by atoms with Crippen LogP contribution in [0.3, 0.4) is 0 Å². The van der Waals surface area contributed by atoms with Gasteiger partial charge in [-0.05, 0) is 24.5 Å². The number of piperidine rings is 1. The maximum Gasteiger partial charge on any atom is 0.318 e. The van der Waals surface area contributed by atoms with Gasteiger partial charge in [-0.25, -0.2) is 0 Å². The van der Waals surface area contributed by atoms with Gasteiger partial charge in [0, 0.05) is 13.1 Å². The topological polar surface area (TPSA) is 97.0 Å². The number of anilines is 2. The number of carbonyl (C=O) groups is 1. The van der Waals surface area contributed by atoms with Crippen molar-refractivity contribution in [1.82, 2.24) is 20.4 Å². The molecule has 0 atom stereocenters. The van der Waals surface area contributed by atoms with E-state index < -0.39 is 5.91 Å². The molecule has 0 radical (unpaired) electrons. The number of carbonyl (C=O) groups excluding carboxylic acids is 1. The number of hydrogen-bond donors (Lipinski definition) is 1. The Balaban J connectivity index is 1.63. The summed E-state index contributed by atoms with van der Waals surface area (Å²) in [5, 5.41) is 18.6. The van der Waals surface area contributed by atoms with E-state index in [1.54, 1.807) is 0 Å². The molecule has 1 amide bonds. The lowest BCUT2D eigenvalue weighted by molar-refractivity contribution is 0.0990. The standard InChI is InChI=1S/C13H18N6O2S2/c1-13(2)4-6-19(7-5-13)11-17-15-9(21-11)8(20)14-10-16-18-12(22-3)23-10/h4-7H2,1-3H3,(H,14,16,20). The van der Waals surface area contributed by atoms with Crippen molar-refractivity contribution in [2.45, 2.75) is 31.0 Å². The first-order valence-corrected chi connectivity index (χ1v) is 9.28. The van der Waals surface area contributed by atoms with Crippen LogP contribution in [0.25, 0.3) is 0 Å². The summed E-state index contributed by atoms with van der Waals surface area (Å²) in [5.41, 5.74) is 0.337. The van der Waals surface area contributed by atoms with Gasteiger partial charge < -0.3 is 9.32 Å². The van der Waals surface area contributed by atoms with Crippen LogP contribution in [0.4, 0.5) is 11.1 Å². The Labute approximate surface area is 142 Å². The normalized spacial score (nSPS) is 17.3. The van der Waals surface area contributed by atoms with Crippen molar-refractivity contribution < 1.29 is 9.21 Å². The Morgan fingerprint density at radius 3 is 2.65 bits per heavy atom. The Kier molecular flexibility index (Phi) is 4.53. The van der Waals surface area contributed by atoms with E-state index in [1.807, 2.05) is 11.2 Å². The number of nitrogens with one attached hydrogen (secondary N) is 1. The van der Waals surface area contributed by atoms with E-state index in [1.165, 1.54) is 23.1 Å². The van der Waals surface area contributed by atoms with Crippen LogP contribution in [-0.2, 0) is 0 Å². The molecule has 1 aliphatic heterocycles. The summed E-state index contributed by atoms with van der Waals surface area (Å²) in [4.78, 5) is 14.1. The lowest BCUT2D eigenvalue weighted by Gasteiger charge is -2.35. The van der Waals surface area contributed by atoms with E-state index in [4.69, 9.17) is 4.42 Å². The quantitative estimate of drug-likeness (QED) is 0.661. The van der Waals surface area contributed by atoms with Crippen molar-refractivity contribution in [3.63, 3.8) is 0 Å². The average molecular weight is 354 g/mol. The number of thioether (sulfide) groups is 1. The molecule has 1 saturated heterocycles. The van der Waals surface area contributed by atoms with E-state index in [0.29, 0.717) is 16.6 Å². The zero-order chi connectivity index (χ0) is 16.4. The van der Waals surface area contributed by atoms with Crippen LogP contribution in [0, 0.1) is 5.41 Å². The third kappa shape index (κ3) is 3.81. The third-order valence-electron chi connectivity index (χ3n) is 3.80. The van der Waals surface area contributed by atoms with Gasteiger partial charge in [0.2, 0.25) is 5.13 Å². The Morgan fingerprint density at radius 1 is 1.26 bits per heavy atom. The molecule has 2 aromatic rings. The van der Waals surface area contributed by atoms with E-state index in [9.17, 15) is 4.79 Å². The van der Waals surface area contributed by atoms with Crippen LogP contribution in [0.2, 0.25) is 0 Å². The van der Waals surface area contributed by atoms with Crippen molar-refractivity contribution in [2.24, 2.45) is 5.41 Å². The van der Waals surface area contributed by atoms with Crippen LogP contribution >= 0.6 is 23.1 Å². The molecule has 124 valence electrons. The number of rotatable bonds is 4. The van der Waals surface area contributed by atoms with Gasteiger partial charge in [0.15, 0.2) is 4.34 Å². The van der Waals surface area contributed by atoms with Crippen molar-refractivity contribution in [1.29, 1.82) is 0 Å². The Morgan fingerprint density at radius 2 is 2.00 bits per heavy atom. The van der Waals surface area contributed by atoms with E-state index >= 15 is 0 Å². The highest BCUT2D eigenvalue weighted by Crippen LogP contribution is 2.31. The van der Waals surface area contributed by atoms with Gasteiger partial charge in [0.05, 0.1) is 0 Å². The fourth-order valence-electron chi connectivity index (χ4n) is 2.23. The van der Waals surface area contributed by atoms with Gasteiger partial charge in [0.25, 0.3) is 0 Å². The van der Waals surface area contributed by atoms with Crippen molar-refractivity contribution >= 4 is 40.2 Å². The summed E-state index contributed by atoms with van der Waals surface area (Å²) >= 11 is 2.77. The third-order valence-corrected chi connectivity index (χ3v) is 5.61. The molecule has 2 aromatic heterocycles. The zero-order valence-corrected chi connectivity index (χ0v) is 14.8. The lowest BCUT2D eigenvalue weighted by atomic mass is 9.83. The predicted molar refractivity (Wildman–Crippen MR) is 89.2 cm³/mol. The second-order valence-corrected chi connectivity index (χ2v) is 8.10. The second kappa shape index (κ2) is 6.44. The van der Waals surface area contributed by atoms with Crippen molar-refractivity contribution in [3.05, 3.63) is 5.89 Å². The summed E-state index contributed by atoms with van der Waals surface area (Å²) in [7, 11) is 0.